The molecule has 5 heteroatoms. The maximum absolute atomic E-state index is 13.5. The number of nitrogens with zero attached hydrogens (tertiary/aromatic N) is 3. The number of rotatable bonds is 1. The largest absolute Gasteiger partial charge is 0.491 e. The monoisotopic (exact) mass is 211 g/mol. The van der Waals surface area contributed by atoms with Gasteiger partial charge in [0.2, 0.25) is 5.82 Å². The van der Waals surface area contributed by atoms with Gasteiger partial charge in [-0.2, -0.15) is 9.37 Å². The highest BCUT2D eigenvalue weighted by Crippen LogP contribution is 2.29. The Labute approximate surface area is 87.8 Å². The lowest BCUT2D eigenvalue weighted by Crippen LogP contribution is -2.22. The summed E-state index contributed by atoms with van der Waals surface area (Å²) in [5.41, 5.74) is 0. The molecule has 1 aliphatic heterocycles. The molecule has 1 N–H and O–H groups in total. The molecule has 1 aliphatic rings. The molecule has 0 aliphatic carbocycles. The summed E-state index contributed by atoms with van der Waals surface area (Å²) in [6.45, 7) is 5.80. The molecule has 0 radical (unpaired) electrons. The van der Waals surface area contributed by atoms with E-state index in [2.05, 4.69) is 23.8 Å². The first-order valence-electron chi connectivity index (χ1n) is 5.04. The minimum atomic E-state index is -0.723. The van der Waals surface area contributed by atoms with Crippen molar-refractivity contribution in [3.63, 3.8) is 0 Å². The van der Waals surface area contributed by atoms with E-state index in [9.17, 15) is 4.39 Å². The topological polar surface area (TPSA) is 49.2 Å². The molecule has 1 aromatic rings. The Morgan fingerprint density at radius 3 is 2.53 bits per heavy atom. The summed E-state index contributed by atoms with van der Waals surface area (Å²) in [4.78, 5) is 9.11. The lowest BCUT2D eigenvalue weighted by Gasteiger charge is -2.17. The van der Waals surface area contributed by atoms with Crippen molar-refractivity contribution in [1.82, 2.24) is 9.97 Å². The Morgan fingerprint density at radius 1 is 1.33 bits per heavy atom. The molecule has 4 nitrogen and oxygen atoms in total. The van der Waals surface area contributed by atoms with E-state index < -0.39 is 11.7 Å². The van der Waals surface area contributed by atoms with Gasteiger partial charge in [0, 0.05) is 13.1 Å². The van der Waals surface area contributed by atoms with Crippen LogP contribution in [0.3, 0.4) is 0 Å². The molecule has 2 unspecified atom stereocenters. The van der Waals surface area contributed by atoms with Gasteiger partial charge in [-0.15, -0.1) is 0 Å². The highest BCUT2D eigenvalue weighted by Gasteiger charge is 2.29. The summed E-state index contributed by atoms with van der Waals surface area (Å²) < 4.78 is 13.5. The van der Waals surface area contributed by atoms with E-state index in [0.29, 0.717) is 11.8 Å². The zero-order chi connectivity index (χ0) is 11.0. The second-order valence-corrected chi connectivity index (χ2v) is 4.19. The first kappa shape index (κ1) is 10.1. The molecule has 15 heavy (non-hydrogen) atoms. The van der Waals surface area contributed by atoms with E-state index >= 15 is 0 Å². The predicted molar refractivity (Wildman–Crippen MR) is 54.2 cm³/mol. The van der Waals surface area contributed by atoms with Crippen molar-refractivity contribution < 1.29 is 9.50 Å². The summed E-state index contributed by atoms with van der Waals surface area (Å²) in [6, 6.07) is 0. The van der Waals surface area contributed by atoms with Crippen LogP contribution in [0.4, 0.5) is 10.2 Å². The van der Waals surface area contributed by atoms with Crippen molar-refractivity contribution >= 4 is 5.82 Å². The Morgan fingerprint density at radius 2 is 1.93 bits per heavy atom. The lowest BCUT2D eigenvalue weighted by atomic mass is 10.0. The van der Waals surface area contributed by atoms with Crippen LogP contribution < -0.4 is 4.90 Å². The van der Waals surface area contributed by atoms with E-state index in [1.165, 1.54) is 6.33 Å². The van der Waals surface area contributed by atoms with Gasteiger partial charge in [0.05, 0.1) is 0 Å². The van der Waals surface area contributed by atoms with Gasteiger partial charge in [-0.05, 0) is 11.8 Å². The first-order chi connectivity index (χ1) is 7.09. The standard InChI is InChI=1S/C10H14FN3O/c1-6-3-14(4-7(6)2)9-8(11)10(15)13-5-12-9/h5-7H,3-4H2,1-2H3,(H,12,13,15). The molecule has 1 saturated heterocycles. The van der Waals surface area contributed by atoms with Gasteiger partial charge in [0.25, 0.3) is 5.88 Å². The van der Waals surface area contributed by atoms with Crippen LogP contribution in [0.1, 0.15) is 13.8 Å². The van der Waals surface area contributed by atoms with E-state index in [1.54, 1.807) is 0 Å². The van der Waals surface area contributed by atoms with Gasteiger partial charge in [0.1, 0.15) is 6.33 Å². The molecule has 0 saturated carbocycles. The summed E-state index contributed by atoms with van der Waals surface area (Å²) in [7, 11) is 0. The highest BCUT2D eigenvalue weighted by molar-refractivity contribution is 5.43. The molecule has 1 fully saturated rings. The third-order valence-corrected chi connectivity index (χ3v) is 3.04. The van der Waals surface area contributed by atoms with Crippen LogP contribution in [0.15, 0.2) is 6.33 Å². The Balaban J connectivity index is 2.27. The molecular formula is C10H14FN3O. The van der Waals surface area contributed by atoms with Crippen molar-refractivity contribution in [2.45, 2.75) is 13.8 Å². The summed E-state index contributed by atoms with van der Waals surface area (Å²) in [5.74, 6) is -0.0623. The molecule has 82 valence electrons. The SMILES string of the molecule is CC1CN(c2ncnc(O)c2F)CC1C. The molecule has 0 aromatic carbocycles. The lowest BCUT2D eigenvalue weighted by molar-refractivity contribution is 0.408. The molecule has 2 rings (SSSR count). The zero-order valence-corrected chi connectivity index (χ0v) is 8.81. The fourth-order valence-electron chi connectivity index (χ4n) is 1.87. The third kappa shape index (κ3) is 1.73. The number of hydrogen-bond donors (Lipinski definition) is 1. The predicted octanol–water partition coefficient (Wildman–Crippen LogP) is 1.41. The zero-order valence-electron chi connectivity index (χ0n) is 8.81. The van der Waals surface area contributed by atoms with Gasteiger partial charge >= 0.3 is 0 Å². The van der Waals surface area contributed by atoms with Crippen LogP contribution in [0, 0.1) is 17.7 Å². The maximum atomic E-state index is 13.5. The second kappa shape index (κ2) is 3.64. The van der Waals surface area contributed by atoms with Gasteiger partial charge in [0.15, 0.2) is 5.82 Å². The molecule has 0 spiro atoms. The average Bonchev–Trinajstić information content (AvgIpc) is 2.51. The van der Waals surface area contributed by atoms with Crippen molar-refractivity contribution in [2.75, 3.05) is 18.0 Å². The van der Waals surface area contributed by atoms with Crippen LogP contribution in [0.5, 0.6) is 5.88 Å². The average molecular weight is 211 g/mol. The fourth-order valence-corrected chi connectivity index (χ4v) is 1.87. The normalized spacial score (nSPS) is 25.9. The Kier molecular flexibility index (Phi) is 2.46. The molecular weight excluding hydrogens is 197 g/mol. The van der Waals surface area contributed by atoms with Gasteiger partial charge < -0.3 is 10.0 Å². The minimum Gasteiger partial charge on any atom is -0.491 e. The highest BCUT2D eigenvalue weighted by atomic mass is 19.1. The number of anilines is 1. The molecule has 0 amide bonds. The minimum absolute atomic E-state index is 0.207. The molecule has 0 bridgehead atoms. The third-order valence-electron chi connectivity index (χ3n) is 3.04. The van der Waals surface area contributed by atoms with E-state index in [0.717, 1.165) is 13.1 Å². The summed E-state index contributed by atoms with van der Waals surface area (Å²) >= 11 is 0. The van der Waals surface area contributed by atoms with Crippen LogP contribution >= 0.6 is 0 Å². The fraction of sp³-hybridized carbons (Fsp3) is 0.600. The quantitative estimate of drug-likeness (QED) is 0.763. The Hall–Kier alpha value is -1.39. The van der Waals surface area contributed by atoms with Crippen molar-refractivity contribution in [3.8, 4) is 5.88 Å². The van der Waals surface area contributed by atoms with E-state index in [4.69, 9.17) is 5.11 Å². The van der Waals surface area contributed by atoms with Crippen molar-refractivity contribution in [1.29, 1.82) is 0 Å². The summed E-state index contributed by atoms with van der Waals surface area (Å²) in [5, 5.41) is 9.14. The Bertz CT molecular complexity index is 362. The summed E-state index contributed by atoms with van der Waals surface area (Å²) in [6.07, 6.45) is 1.18. The molecule has 1 aromatic heterocycles. The number of halogens is 1. The van der Waals surface area contributed by atoms with Crippen LogP contribution in [0.2, 0.25) is 0 Å². The van der Waals surface area contributed by atoms with Gasteiger partial charge in [-0.1, -0.05) is 13.8 Å². The molecule has 2 atom stereocenters. The van der Waals surface area contributed by atoms with Crippen LogP contribution in [0.25, 0.3) is 0 Å². The number of aromatic hydroxyl groups is 1. The van der Waals surface area contributed by atoms with Crippen molar-refractivity contribution in [3.05, 3.63) is 12.1 Å². The number of hydrogen-bond acceptors (Lipinski definition) is 4. The van der Waals surface area contributed by atoms with Gasteiger partial charge in [-0.25, -0.2) is 4.98 Å². The van der Waals surface area contributed by atoms with E-state index in [1.807, 2.05) is 4.90 Å². The van der Waals surface area contributed by atoms with Crippen LogP contribution in [-0.4, -0.2) is 28.2 Å². The molecule has 2 heterocycles. The maximum Gasteiger partial charge on any atom is 0.253 e. The second-order valence-electron chi connectivity index (χ2n) is 4.19. The number of aromatic nitrogens is 2. The van der Waals surface area contributed by atoms with E-state index in [-0.39, 0.29) is 5.82 Å². The first-order valence-corrected chi connectivity index (χ1v) is 5.04. The smallest absolute Gasteiger partial charge is 0.253 e. The van der Waals surface area contributed by atoms with Crippen molar-refractivity contribution in [2.24, 2.45) is 11.8 Å². The van der Waals surface area contributed by atoms with Crippen LogP contribution in [-0.2, 0) is 0 Å². The van der Waals surface area contributed by atoms with Gasteiger partial charge in [-0.3, -0.25) is 0 Å².